The van der Waals surface area contributed by atoms with Gasteiger partial charge < -0.3 is 5.11 Å². The number of fused-ring (bicyclic) bond motifs is 1. The van der Waals surface area contributed by atoms with E-state index < -0.39 is 15.4 Å². The number of aromatic nitrogens is 2. The number of sulfone groups is 1. The third kappa shape index (κ3) is 2.43. The first-order valence-corrected chi connectivity index (χ1v) is 8.74. The summed E-state index contributed by atoms with van der Waals surface area (Å²) in [6.07, 6.45) is 3.72. The molecular formula is C13H15ClN2O3S. The fourth-order valence-corrected chi connectivity index (χ4v) is 4.37. The molecule has 0 unspecified atom stereocenters. The van der Waals surface area contributed by atoms with E-state index in [2.05, 4.69) is 10.2 Å². The van der Waals surface area contributed by atoms with Crippen molar-refractivity contribution in [2.75, 3.05) is 12.0 Å². The SMILES string of the molecule is CS(=O)(=O)CC1CC(O)(c2cc(Cl)cc3cn[nH]c23)C1. The number of aromatic amines is 1. The summed E-state index contributed by atoms with van der Waals surface area (Å²) >= 11 is 6.06. The lowest BCUT2D eigenvalue weighted by atomic mass is 9.68. The molecule has 1 saturated carbocycles. The largest absolute Gasteiger partial charge is 0.385 e. The van der Waals surface area contributed by atoms with Crippen molar-refractivity contribution in [3.63, 3.8) is 0 Å². The standard InChI is InChI=1S/C13H15ClN2O3S/c1-20(18,19)7-8-4-13(17,5-8)11-3-10(14)2-9-6-15-16-12(9)11/h2-3,6,8,17H,4-5,7H2,1H3,(H,15,16). The van der Waals surface area contributed by atoms with E-state index in [4.69, 9.17) is 11.6 Å². The van der Waals surface area contributed by atoms with Crippen molar-refractivity contribution in [3.05, 3.63) is 28.9 Å². The second kappa shape index (κ2) is 4.44. The zero-order valence-electron chi connectivity index (χ0n) is 10.9. The zero-order valence-corrected chi connectivity index (χ0v) is 12.5. The minimum absolute atomic E-state index is 0.00745. The summed E-state index contributed by atoms with van der Waals surface area (Å²) in [4.78, 5) is 0. The van der Waals surface area contributed by atoms with Crippen molar-refractivity contribution in [2.45, 2.75) is 18.4 Å². The maximum absolute atomic E-state index is 11.3. The van der Waals surface area contributed by atoms with E-state index in [1.807, 2.05) is 0 Å². The van der Waals surface area contributed by atoms with E-state index in [-0.39, 0.29) is 11.7 Å². The number of aliphatic hydroxyl groups is 1. The number of H-pyrrole nitrogens is 1. The first-order valence-electron chi connectivity index (χ1n) is 6.30. The Bertz CT molecular complexity index is 763. The van der Waals surface area contributed by atoms with Crippen LogP contribution in [0.2, 0.25) is 5.02 Å². The summed E-state index contributed by atoms with van der Waals surface area (Å²) in [6.45, 7) is 0. The minimum atomic E-state index is -3.01. The molecule has 1 aliphatic carbocycles. The molecule has 7 heteroatoms. The molecule has 3 rings (SSSR count). The molecule has 1 heterocycles. The van der Waals surface area contributed by atoms with Gasteiger partial charge in [-0.1, -0.05) is 11.6 Å². The fourth-order valence-electron chi connectivity index (χ4n) is 3.05. The highest BCUT2D eigenvalue weighted by molar-refractivity contribution is 7.90. The summed E-state index contributed by atoms with van der Waals surface area (Å²) in [5, 5.41) is 18.9. The lowest BCUT2D eigenvalue weighted by Crippen LogP contribution is -2.43. The van der Waals surface area contributed by atoms with Crippen molar-refractivity contribution in [1.82, 2.24) is 10.2 Å². The van der Waals surface area contributed by atoms with Crippen molar-refractivity contribution in [3.8, 4) is 0 Å². The van der Waals surface area contributed by atoms with Gasteiger partial charge in [-0.3, -0.25) is 5.10 Å². The van der Waals surface area contributed by atoms with Crippen LogP contribution in [-0.2, 0) is 15.4 Å². The molecule has 1 aromatic heterocycles. The minimum Gasteiger partial charge on any atom is -0.385 e. The molecule has 5 nitrogen and oxygen atoms in total. The van der Waals surface area contributed by atoms with Crippen LogP contribution in [0.25, 0.3) is 10.9 Å². The molecule has 0 aliphatic heterocycles. The van der Waals surface area contributed by atoms with Gasteiger partial charge in [-0.2, -0.15) is 5.10 Å². The lowest BCUT2D eigenvalue weighted by molar-refractivity contribution is -0.0716. The van der Waals surface area contributed by atoms with Gasteiger partial charge in [0.2, 0.25) is 0 Å². The predicted octanol–water partition coefficient (Wildman–Crippen LogP) is 1.86. The number of nitrogens with zero attached hydrogens (tertiary/aromatic N) is 1. The van der Waals surface area contributed by atoms with Crippen LogP contribution in [0.5, 0.6) is 0 Å². The highest BCUT2D eigenvalue weighted by Gasteiger charge is 2.46. The highest BCUT2D eigenvalue weighted by Crippen LogP contribution is 2.48. The number of nitrogens with one attached hydrogen (secondary N) is 1. The smallest absolute Gasteiger partial charge is 0.147 e. The van der Waals surface area contributed by atoms with Crippen LogP contribution in [0, 0.1) is 5.92 Å². The van der Waals surface area contributed by atoms with Crippen molar-refractivity contribution < 1.29 is 13.5 Å². The van der Waals surface area contributed by atoms with Gasteiger partial charge >= 0.3 is 0 Å². The van der Waals surface area contributed by atoms with E-state index in [0.29, 0.717) is 23.4 Å². The normalized spacial score (nSPS) is 26.6. The van der Waals surface area contributed by atoms with Gasteiger partial charge in [-0.05, 0) is 30.9 Å². The Morgan fingerprint density at radius 3 is 2.85 bits per heavy atom. The molecule has 1 aliphatic rings. The van der Waals surface area contributed by atoms with E-state index in [1.165, 1.54) is 6.26 Å². The van der Waals surface area contributed by atoms with Gasteiger partial charge in [0.15, 0.2) is 0 Å². The highest BCUT2D eigenvalue weighted by atomic mass is 35.5. The molecule has 1 aromatic carbocycles. The molecule has 0 saturated heterocycles. The summed E-state index contributed by atoms with van der Waals surface area (Å²) < 4.78 is 22.6. The molecule has 20 heavy (non-hydrogen) atoms. The third-order valence-corrected chi connectivity index (χ3v) is 5.10. The number of hydrogen-bond donors (Lipinski definition) is 2. The summed E-state index contributed by atoms with van der Waals surface area (Å²) in [6, 6.07) is 3.50. The van der Waals surface area contributed by atoms with Crippen molar-refractivity contribution in [2.24, 2.45) is 5.92 Å². The van der Waals surface area contributed by atoms with Crippen LogP contribution in [0.15, 0.2) is 18.3 Å². The van der Waals surface area contributed by atoms with Gasteiger partial charge in [0.25, 0.3) is 0 Å². The lowest BCUT2D eigenvalue weighted by Gasteiger charge is -2.44. The van der Waals surface area contributed by atoms with Gasteiger partial charge in [0, 0.05) is 22.2 Å². The molecule has 0 amide bonds. The van der Waals surface area contributed by atoms with Crippen LogP contribution in [0.3, 0.4) is 0 Å². The quantitative estimate of drug-likeness (QED) is 0.906. The van der Waals surface area contributed by atoms with Crippen LogP contribution >= 0.6 is 11.6 Å². The van der Waals surface area contributed by atoms with E-state index >= 15 is 0 Å². The van der Waals surface area contributed by atoms with Gasteiger partial charge in [-0.15, -0.1) is 0 Å². The molecule has 2 aromatic rings. The van der Waals surface area contributed by atoms with Gasteiger partial charge in [0.05, 0.1) is 23.1 Å². The Kier molecular flexibility index (Phi) is 3.08. The zero-order chi connectivity index (χ0) is 14.5. The fraction of sp³-hybridized carbons (Fsp3) is 0.462. The van der Waals surface area contributed by atoms with Gasteiger partial charge in [-0.25, -0.2) is 8.42 Å². The van der Waals surface area contributed by atoms with E-state index in [1.54, 1.807) is 18.3 Å². The van der Waals surface area contributed by atoms with Crippen LogP contribution in [0.4, 0.5) is 0 Å². The van der Waals surface area contributed by atoms with Crippen molar-refractivity contribution >= 4 is 32.3 Å². The Morgan fingerprint density at radius 1 is 1.50 bits per heavy atom. The molecule has 1 fully saturated rings. The van der Waals surface area contributed by atoms with Gasteiger partial charge in [0.1, 0.15) is 9.84 Å². The molecule has 0 spiro atoms. The number of hydrogen-bond acceptors (Lipinski definition) is 4. The topological polar surface area (TPSA) is 83.1 Å². The maximum Gasteiger partial charge on any atom is 0.147 e. The molecule has 0 bridgehead atoms. The molecular weight excluding hydrogens is 300 g/mol. The van der Waals surface area contributed by atoms with Crippen LogP contribution in [0.1, 0.15) is 18.4 Å². The Hall–Kier alpha value is -1.11. The Balaban J connectivity index is 1.91. The molecule has 0 atom stereocenters. The molecule has 2 N–H and O–H groups in total. The second-order valence-corrected chi connectivity index (χ2v) is 8.31. The Labute approximate surface area is 121 Å². The first-order chi connectivity index (χ1) is 9.27. The Morgan fingerprint density at radius 2 is 2.20 bits per heavy atom. The maximum atomic E-state index is 11.3. The molecule has 0 radical (unpaired) electrons. The number of rotatable bonds is 3. The average Bonchev–Trinajstić information content (AvgIpc) is 2.71. The predicted molar refractivity (Wildman–Crippen MR) is 77.4 cm³/mol. The van der Waals surface area contributed by atoms with E-state index in [9.17, 15) is 13.5 Å². The van der Waals surface area contributed by atoms with Crippen LogP contribution < -0.4 is 0 Å². The summed E-state index contributed by atoms with van der Waals surface area (Å²) in [7, 11) is -3.01. The van der Waals surface area contributed by atoms with Crippen LogP contribution in [-0.4, -0.2) is 35.7 Å². The van der Waals surface area contributed by atoms with Crippen molar-refractivity contribution in [1.29, 1.82) is 0 Å². The number of benzene rings is 1. The third-order valence-electron chi connectivity index (χ3n) is 3.81. The molecule has 108 valence electrons. The monoisotopic (exact) mass is 314 g/mol. The first kappa shape index (κ1) is 13.9. The number of halogens is 1. The summed E-state index contributed by atoms with van der Waals surface area (Å²) in [5.74, 6) is 0.106. The average molecular weight is 315 g/mol. The summed E-state index contributed by atoms with van der Waals surface area (Å²) in [5.41, 5.74) is 0.433. The van der Waals surface area contributed by atoms with E-state index in [0.717, 1.165) is 10.9 Å². The second-order valence-electron chi connectivity index (χ2n) is 5.69.